The van der Waals surface area contributed by atoms with Gasteiger partial charge in [-0.05, 0) is 73.8 Å². The van der Waals surface area contributed by atoms with E-state index < -0.39 is 10.0 Å². The minimum atomic E-state index is -3.48. The summed E-state index contributed by atoms with van der Waals surface area (Å²) in [6.45, 7) is 3.77. The monoisotopic (exact) mass is 447 g/mol. The van der Waals surface area contributed by atoms with E-state index >= 15 is 0 Å². The molecule has 2 aromatic rings. The van der Waals surface area contributed by atoms with Gasteiger partial charge < -0.3 is 15.4 Å². The molecule has 0 saturated carbocycles. The molecule has 162 valence electrons. The van der Waals surface area contributed by atoms with Crippen molar-refractivity contribution in [3.05, 3.63) is 53.6 Å². The van der Waals surface area contributed by atoms with Crippen LogP contribution in [0, 0.1) is 6.92 Å². The van der Waals surface area contributed by atoms with Crippen LogP contribution in [0.5, 0.6) is 5.75 Å². The standard InChI is InChI=1S/C22H29N3O3S2/c1-17-6-11-20(30(26,27)25-14-4-3-5-15-25)16-21(17)24-22(29)23-13-12-18-7-9-19(28-2)10-8-18/h6-11,16H,3-5,12-15H2,1-2H3,(H2,23,24,29). The van der Waals surface area contributed by atoms with Gasteiger partial charge in [0.1, 0.15) is 5.75 Å². The predicted molar refractivity (Wildman–Crippen MR) is 125 cm³/mol. The van der Waals surface area contributed by atoms with E-state index in [0.29, 0.717) is 35.3 Å². The molecule has 30 heavy (non-hydrogen) atoms. The fraction of sp³-hybridized carbons (Fsp3) is 0.409. The molecule has 6 nitrogen and oxygen atoms in total. The Hall–Kier alpha value is -2.16. The number of anilines is 1. The Bertz CT molecular complexity index is 970. The Kier molecular flexibility index (Phi) is 7.69. The van der Waals surface area contributed by atoms with E-state index in [4.69, 9.17) is 17.0 Å². The second-order valence-electron chi connectivity index (χ2n) is 7.42. The van der Waals surface area contributed by atoms with Crippen LogP contribution in [0.15, 0.2) is 47.4 Å². The van der Waals surface area contributed by atoms with E-state index in [9.17, 15) is 8.42 Å². The molecule has 1 saturated heterocycles. The third-order valence-electron chi connectivity index (χ3n) is 5.27. The molecule has 1 aliphatic heterocycles. The first-order valence-corrected chi connectivity index (χ1v) is 12.0. The summed E-state index contributed by atoms with van der Waals surface area (Å²) >= 11 is 5.41. The summed E-state index contributed by atoms with van der Waals surface area (Å²) in [6.07, 6.45) is 3.73. The van der Waals surface area contributed by atoms with E-state index in [1.165, 1.54) is 5.56 Å². The zero-order valence-electron chi connectivity index (χ0n) is 17.5. The van der Waals surface area contributed by atoms with E-state index in [-0.39, 0.29) is 0 Å². The van der Waals surface area contributed by atoms with Crippen molar-refractivity contribution >= 4 is 33.0 Å². The average Bonchev–Trinajstić information content (AvgIpc) is 2.76. The Morgan fingerprint density at radius 2 is 1.80 bits per heavy atom. The maximum Gasteiger partial charge on any atom is 0.243 e. The smallest absolute Gasteiger partial charge is 0.243 e. The van der Waals surface area contributed by atoms with Crippen LogP contribution in [0.25, 0.3) is 0 Å². The van der Waals surface area contributed by atoms with E-state index in [0.717, 1.165) is 37.0 Å². The SMILES string of the molecule is COc1ccc(CCNC(=S)Nc2cc(S(=O)(=O)N3CCCCC3)ccc2C)cc1. The van der Waals surface area contributed by atoms with Crippen LogP contribution in [-0.4, -0.2) is 44.6 Å². The number of sulfonamides is 1. The molecule has 1 fully saturated rings. The van der Waals surface area contributed by atoms with E-state index in [1.807, 2.05) is 37.3 Å². The lowest BCUT2D eigenvalue weighted by Crippen LogP contribution is -2.35. The van der Waals surface area contributed by atoms with Crippen molar-refractivity contribution in [3.8, 4) is 5.75 Å². The number of methoxy groups -OCH3 is 1. The molecule has 1 heterocycles. The number of thiocarbonyl (C=S) groups is 1. The van der Waals surface area contributed by atoms with Crippen molar-refractivity contribution in [2.45, 2.75) is 37.5 Å². The maximum atomic E-state index is 13.0. The third-order valence-corrected chi connectivity index (χ3v) is 7.41. The number of piperidine rings is 1. The predicted octanol–water partition coefficient (Wildman–Crippen LogP) is 3.71. The molecule has 2 N–H and O–H groups in total. The van der Waals surface area contributed by atoms with Crippen LogP contribution in [0.3, 0.4) is 0 Å². The summed E-state index contributed by atoms with van der Waals surface area (Å²) in [5.41, 5.74) is 2.82. The van der Waals surface area contributed by atoms with Crippen molar-refractivity contribution < 1.29 is 13.2 Å². The number of ether oxygens (including phenoxy) is 1. The van der Waals surface area contributed by atoms with Crippen LogP contribution in [-0.2, 0) is 16.4 Å². The maximum absolute atomic E-state index is 13.0. The average molecular weight is 448 g/mol. The molecule has 0 amide bonds. The first-order chi connectivity index (χ1) is 14.4. The summed E-state index contributed by atoms with van der Waals surface area (Å²) in [5, 5.41) is 6.81. The molecule has 3 rings (SSSR count). The van der Waals surface area contributed by atoms with Crippen LogP contribution in [0.2, 0.25) is 0 Å². The van der Waals surface area contributed by atoms with Gasteiger partial charge in [-0.25, -0.2) is 8.42 Å². The van der Waals surface area contributed by atoms with Crippen molar-refractivity contribution in [1.29, 1.82) is 0 Å². The highest BCUT2D eigenvalue weighted by molar-refractivity contribution is 7.89. The molecule has 0 aromatic heterocycles. The minimum Gasteiger partial charge on any atom is -0.497 e. The summed E-state index contributed by atoms with van der Waals surface area (Å²) < 4.78 is 32.7. The van der Waals surface area contributed by atoms with Gasteiger partial charge in [-0.3, -0.25) is 0 Å². The highest BCUT2D eigenvalue weighted by atomic mass is 32.2. The molecule has 0 aliphatic carbocycles. The number of hydrogen-bond acceptors (Lipinski definition) is 4. The number of benzene rings is 2. The minimum absolute atomic E-state index is 0.304. The van der Waals surface area contributed by atoms with Crippen LogP contribution < -0.4 is 15.4 Å². The van der Waals surface area contributed by atoms with Gasteiger partial charge >= 0.3 is 0 Å². The van der Waals surface area contributed by atoms with Gasteiger partial charge in [0, 0.05) is 25.3 Å². The highest BCUT2D eigenvalue weighted by Crippen LogP contribution is 2.25. The fourth-order valence-corrected chi connectivity index (χ4v) is 5.19. The van der Waals surface area contributed by atoms with E-state index in [1.54, 1.807) is 23.5 Å². The normalized spacial score (nSPS) is 14.9. The Morgan fingerprint density at radius 3 is 2.47 bits per heavy atom. The zero-order chi connectivity index (χ0) is 21.6. The first-order valence-electron chi connectivity index (χ1n) is 10.2. The van der Waals surface area contributed by atoms with E-state index in [2.05, 4.69) is 10.6 Å². The Balaban J connectivity index is 1.59. The molecular formula is C22H29N3O3S2. The lowest BCUT2D eigenvalue weighted by atomic mass is 10.1. The fourth-order valence-electron chi connectivity index (χ4n) is 3.43. The Labute approximate surface area is 184 Å². The number of hydrogen-bond donors (Lipinski definition) is 2. The van der Waals surface area contributed by atoms with Crippen LogP contribution in [0.4, 0.5) is 5.69 Å². The van der Waals surface area contributed by atoms with Gasteiger partial charge in [-0.15, -0.1) is 0 Å². The van der Waals surface area contributed by atoms with Gasteiger partial charge in [0.15, 0.2) is 5.11 Å². The molecular weight excluding hydrogens is 418 g/mol. The van der Waals surface area contributed by atoms with Crippen molar-refractivity contribution in [1.82, 2.24) is 9.62 Å². The lowest BCUT2D eigenvalue weighted by molar-refractivity contribution is 0.346. The largest absolute Gasteiger partial charge is 0.497 e. The molecule has 8 heteroatoms. The molecule has 1 aliphatic rings. The number of nitrogens with zero attached hydrogens (tertiary/aromatic N) is 1. The zero-order valence-corrected chi connectivity index (χ0v) is 19.1. The van der Waals surface area contributed by atoms with Gasteiger partial charge in [0.2, 0.25) is 10.0 Å². The van der Waals surface area contributed by atoms with Gasteiger partial charge in [0.25, 0.3) is 0 Å². The summed E-state index contributed by atoms with van der Waals surface area (Å²) in [4.78, 5) is 0.304. The van der Waals surface area contributed by atoms with Gasteiger partial charge in [0.05, 0.1) is 12.0 Å². The quantitative estimate of drug-likeness (QED) is 0.631. The van der Waals surface area contributed by atoms with Gasteiger partial charge in [-0.1, -0.05) is 24.6 Å². The highest BCUT2D eigenvalue weighted by Gasteiger charge is 2.26. The molecule has 0 atom stereocenters. The van der Waals surface area contributed by atoms with Crippen LogP contribution in [0.1, 0.15) is 30.4 Å². The number of nitrogens with one attached hydrogen (secondary N) is 2. The molecule has 0 unspecified atom stereocenters. The van der Waals surface area contributed by atoms with Crippen molar-refractivity contribution in [2.75, 3.05) is 32.1 Å². The van der Waals surface area contributed by atoms with Crippen molar-refractivity contribution in [2.24, 2.45) is 0 Å². The number of aryl methyl sites for hydroxylation is 1. The van der Waals surface area contributed by atoms with Crippen LogP contribution >= 0.6 is 12.2 Å². The lowest BCUT2D eigenvalue weighted by Gasteiger charge is -2.26. The molecule has 2 aromatic carbocycles. The third kappa shape index (κ3) is 5.71. The molecule has 0 spiro atoms. The topological polar surface area (TPSA) is 70.7 Å². The molecule has 0 bridgehead atoms. The van der Waals surface area contributed by atoms with Crippen molar-refractivity contribution in [3.63, 3.8) is 0 Å². The summed E-state index contributed by atoms with van der Waals surface area (Å²) in [7, 11) is -1.83. The molecule has 0 radical (unpaired) electrons. The first kappa shape index (κ1) is 22.5. The number of rotatable bonds is 7. The Morgan fingerprint density at radius 1 is 1.10 bits per heavy atom. The van der Waals surface area contributed by atoms with Gasteiger partial charge in [-0.2, -0.15) is 4.31 Å². The summed E-state index contributed by atoms with van der Waals surface area (Å²) in [6, 6.07) is 13.1. The summed E-state index contributed by atoms with van der Waals surface area (Å²) in [5.74, 6) is 0.832. The second kappa shape index (κ2) is 10.2. The second-order valence-corrected chi connectivity index (χ2v) is 9.77.